The Hall–Kier alpha value is -1.64. The predicted molar refractivity (Wildman–Crippen MR) is 50.0 cm³/mol. The number of nitriles is 1. The van der Waals surface area contributed by atoms with Gasteiger partial charge in [-0.05, 0) is 18.6 Å². The first kappa shape index (κ1) is 10.4. The highest BCUT2D eigenvalue weighted by atomic mass is 16.3. The van der Waals surface area contributed by atoms with Gasteiger partial charge in [-0.1, -0.05) is 0 Å². The lowest BCUT2D eigenvalue weighted by Crippen LogP contribution is -2.18. The van der Waals surface area contributed by atoms with Crippen LogP contribution in [0, 0.1) is 18.3 Å². The molecule has 5 nitrogen and oxygen atoms in total. The largest absolute Gasteiger partial charge is 0.397 e. The van der Waals surface area contributed by atoms with E-state index in [4.69, 9.17) is 16.1 Å². The van der Waals surface area contributed by atoms with Crippen molar-refractivity contribution in [3.63, 3.8) is 0 Å². The third kappa shape index (κ3) is 1.99. The number of aliphatic hydroxyl groups is 2. The van der Waals surface area contributed by atoms with E-state index in [1.807, 2.05) is 0 Å². The molecule has 74 valence electrons. The van der Waals surface area contributed by atoms with E-state index in [0.717, 1.165) is 0 Å². The number of anilines is 1. The molecule has 0 spiro atoms. The molecule has 5 heteroatoms. The topological polar surface area (TPSA) is 103 Å². The number of nitrogens with zero attached hydrogens (tertiary/aromatic N) is 2. The number of aryl methyl sites for hydroxylation is 1. The Labute approximate surface area is 81.4 Å². The molecule has 0 aromatic carbocycles. The maximum atomic E-state index is 9.48. The molecule has 0 aliphatic rings. The number of rotatable bonds is 2. The maximum Gasteiger partial charge on any atom is 0.171 e. The SMILES string of the molecule is Cc1cc(N)cnc1C(O)C(O)C#N. The molecule has 0 aliphatic heterocycles. The molecule has 0 bridgehead atoms. The second-order valence-electron chi connectivity index (χ2n) is 2.99. The lowest BCUT2D eigenvalue weighted by molar-refractivity contribution is 0.0494. The van der Waals surface area contributed by atoms with Gasteiger partial charge in [0.2, 0.25) is 0 Å². The summed E-state index contributed by atoms with van der Waals surface area (Å²) < 4.78 is 0. The van der Waals surface area contributed by atoms with Crippen molar-refractivity contribution in [2.24, 2.45) is 0 Å². The van der Waals surface area contributed by atoms with E-state index >= 15 is 0 Å². The van der Waals surface area contributed by atoms with E-state index in [1.54, 1.807) is 13.0 Å². The summed E-state index contributed by atoms with van der Waals surface area (Å²) in [5.41, 5.74) is 6.86. The molecule has 0 saturated carbocycles. The monoisotopic (exact) mass is 193 g/mol. The molecule has 0 radical (unpaired) electrons. The minimum Gasteiger partial charge on any atom is -0.397 e. The van der Waals surface area contributed by atoms with Gasteiger partial charge in [-0.3, -0.25) is 4.98 Å². The van der Waals surface area contributed by atoms with Crippen LogP contribution in [0.4, 0.5) is 5.69 Å². The van der Waals surface area contributed by atoms with Crippen molar-refractivity contribution in [3.05, 3.63) is 23.5 Å². The summed E-state index contributed by atoms with van der Waals surface area (Å²) >= 11 is 0. The Bertz CT molecular complexity index is 373. The van der Waals surface area contributed by atoms with E-state index in [0.29, 0.717) is 11.3 Å². The van der Waals surface area contributed by atoms with Crippen molar-refractivity contribution in [2.75, 3.05) is 5.73 Å². The van der Waals surface area contributed by atoms with Crippen molar-refractivity contribution >= 4 is 5.69 Å². The van der Waals surface area contributed by atoms with Gasteiger partial charge < -0.3 is 15.9 Å². The van der Waals surface area contributed by atoms with Gasteiger partial charge in [0.15, 0.2) is 6.10 Å². The van der Waals surface area contributed by atoms with Gasteiger partial charge in [-0.25, -0.2) is 0 Å². The van der Waals surface area contributed by atoms with E-state index in [1.165, 1.54) is 12.3 Å². The van der Waals surface area contributed by atoms with Crippen LogP contribution in [0.5, 0.6) is 0 Å². The number of nitrogens with two attached hydrogens (primary N) is 1. The van der Waals surface area contributed by atoms with Gasteiger partial charge in [-0.15, -0.1) is 0 Å². The summed E-state index contributed by atoms with van der Waals surface area (Å²) in [7, 11) is 0. The minimum atomic E-state index is -1.47. The van der Waals surface area contributed by atoms with Crippen LogP contribution in [-0.4, -0.2) is 21.3 Å². The van der Waals surface area contributed by atoms with E-state index in [-0.39, 0.29) is 5.69 Å². The minimum absolute atomic E-state index is 0.272. The lowest BCUT2D eigenvalue weighted by atomic mass is 10.1. The number of pyridine rings is 1. The zero-order valence-electron chi connectivity index (χ0n) is 7.68. The Morgan fingerprint density at radius 1 is 1.57 bits per heavy atom. The molecule has 1 heterocycles. The van der Waals surface area contributed by atoms with Crippen LogP contribution in [-0.2, 0) is 0 Å². The molecule has 0 saturated heterocycles. The highest BCUT2D eigenvalue weighted by molar-refractivity contribution is 5.40. The van der Waals surface area contributed by atoms with Crippen molar-refractivity contribution in [3.8, 4) is 6.07 Å². The fourth-order valence-electron chi connectivity index (χ4n) is 1.14. The standard InChI is InChI=1S/C9H11N3O2/c1-5-2-6(11)4-12-8(5)9(14)7(13)3-10/h2,4,7,9,13-14H,11H2,1H3. The first-order chi connectivity index (χ1) is 6.56. The number of hydrogen-bond donors (Lipinski definition) is 3. The average molecular weight is 193 g/mol. The van der Waals surface area contributed by atoms with Gasteiger partial charge in [0.05, 0.1) is 23.6 Å². The third-order valence-electron chi connectivity index (χ3n) is 1.85. The zero-order valence-corrected chi connectivity index (χ0v) is 7.68. The summed E-state index contributed by atoms with van der Waals surface area (Å²) in [5, 5.41) is 27.0. The number of aliphatic hydroxyl groups excluding tert-OH is 2. The molecule has 4 N–H and O–H groups in total. The first-order valence-electron chi connectivity index (χ1n) is 4.04. The number of hydrogen-bond acceptors (Lipinski definition) is 5. The third-order valence-corrected chi connectivity index (χ3v) is 1.85. The first-order valence-corrected chi connectivity index (χ1v) is 4.04. The molecule has 14 heavy (non-hydrogen) atoms. The van der Waals surface area contributed by atoms with Crippen LogP contribution in [0.1, 0.15) is 17.4 Å². The molecule has 0 aliphatic carbocycles. The summed E-state index contributed by atoms with van der Waals surface area (Å²) in [6.07, 6.45) is -1.39. The molecule has 2 atom stereocenters. The summed E-state index contributed by atoms with van der Waals surface area (Å²) in [5.74, 6) is 0. The normalized spacial score (nSPS) is 14.4. The van der Waals surface area contributed by atoms with Gasteiger partial charge >= 0.3 is 0 Å². The van der Waals surface area contributed by atoms with Crippen LogP contribution in [0.3, 0.4) is 0 Å². The summed E-state index contributed by atoms with van der Waals surface area (Å²) in [4.78, 5) is 3.86. The fourth-order valence-corrected chi connectivity index (χ4v) is 1.14. The Morgan fingerprint density at radius 3 is 2.71 bits per heavy atom. The van der Waals surface area contributed by atoms with Crippen LogP contribution in [0.25, 0.3) is 0 Å². The van der Waals surface area contributed by atoms with Gasteiger partial charge in [0.1, 0.15) is 6.10 Å². The molecule has 0 fully saturated rings. The van der Waals surface area contributed by atoms with E-state index in [9.17, 15) is 5.11 Å². The molecule has 2 unspecified atom stereocenters. The molecular weight excluding hydrogens is 182 g/mol. The molecule has 1 rings (SSSR count). The number of aromatic nitrogens is 1. The summed E-state index contributed by atoms with van der Waals surface area (Å²) in [6, 6.07) is 3.16. The highest BCUT2D eigenvalue weighted by Gasteiger charge is 2.20. The Morgan fingerprint density at radius 2 is 2.21 bits per heavy atom. The van der Waals surface area contributed by atoms with E-state index < -0.39 is 12.2 Å². The van der Waals surface area contributed by atoms with E-state index in [2.05, 4.69) is 4.98 Å². The van der Waals surface area contributed by atoms with Gasteiger partial charge in [-0.2, -0.15) is 5.26 Å². The van der Waals surface area contributed by atoms with Crippen molar-refractivity contribution in [1.82, 2.24) is 4.98 Å². The predicted octanol–water partition coefficient (Wildman–Crippen LogP) is -0.110. The van der Waals surface area contributed by atoms with Crippen LogP contribution in [0.15, 0.2) is 12.3 Å². The quantitative estimate of drug-likeness (QED) is 0.568. The van der Waals surface area contributed by atoms with Gasteiger partial charge in [0, 0.05) is 0 Å². The fraction of sp³-hybridized carbons (Fsp3) is 0.333. The average Bonchev–Trinajstić information content (AvgIpc) is 2.15. The van der Waals surface area contributed by atoms with Crippen molar-refractivity contribution in [2.45, 2.75) is 19.1 Å². The Kier molecular flexibility index (Phi) is 3.02. The second kappa shape index (κ2) is 4.05. The van der Waals surface area contributed by atoms with Gasteiger partial charge in [0.25, 0.3) is 0 Å². The smallest absolute Gasteiger partial charge is 0.171 e. The number of nitrogen functional groups attached to an aromatic ring is 1. The Balaban J connectivity index is 3.03. The molecule has 1 aromatic heterocycles. The molecular formula is C9H11N3O2. The lowest BCUT2D eigenvalue weighted by Gasteiger charge is -2.13. The maximum absolute atomic E-state index is 9.48. The van der Waals surface area contributed by atoms with Crippen LogP contribution < -0.4 is 5.73 Å². The summed E-state index contributed by atoms with van der Waals surface area (Å²) in [6.45, 7) is 1.70. The van der Waals surface area contributed by atoms with Crippen molar-refractivity contribution < 1.29 is 10.2 Å². The zero-order chi connectivity index (χ0) is 10.7. The van der Waals surface area contributed by atoms with Crippen LogP contribution >= 0.6 is 0 Å². The van der Waals surface area contributed by atoms with Crippen molar-refractivity contribution in [1.29, 1.82) is 5.26 Å². The van der Waals surface area contributed by atoms with Crippen LogP contribution in [0.2, 0.25) is 0 Å². The molecule has 1 aromatic rings. The molecule has 0 amide bonds. The highest BCUT2D eigenvalue weighted by Crippen LogP contribution is 2.19. The second-order valence-corrected chi connectivity index (χ2v) is 2.99.